The predicted octanol–water partition coefficient (Wildman–Crippen LogP) is 2.65. The summed E-state index contributed by atoms with van der Waals surface area (Å²) in [6.45, 7) is 5.27. The fourth-order valence-corrected chi connectivity index (χ4v) is 6.20. The third-order valence-electron chi connectivity index (χ3n) is 6.16. The first-order chi connectivity index (χ1) is 16.9. The maximum atomic E-state index is 13.0. The van der Waals surface area contributed by atoms with Gasteiger partial charge in [-0.2, -0.15) is 4.31 Å². The number of rotatable bonds is 6. The van der Waals surface area contributed by atoms with Gasteiger partial charge in [-0.05, 0) is 62.7 Å². The van der Waals surface area contributed by atoms with Crippen LogP contribution in [-0.2, 0) is 29.9 Å². The summed E-state index contributed by atoms with van der Waals surface area (Å²) in [4.78, 5) is 39.1. The number of carbonyl (C=O) groups is 3. The van der Waals surface area contributed by atoms with Gasteiger partial charge in [0.2, 0.25) is 15.9 Å². The molecule has 2 heterocycles. The Morgan fingerprint density at radius 1 is 1.08 bits per heavy atom. The van der Waals surface area contributed by atoms with E-state index in [0.717, 1.165) is 9.37 Å². The Bertz CT molecular complexity index is 1270. The molecule has 2 fully saturated rings. The van der Waals surface area contributed by atoms with Gasteiger partial charge in [-0.25, -0.2) is 13.2 Å². The molecule has 12 heteroatoms. The van der Waals surface area contributed by atoms with Gasteiger partial charge in [0.1, 0.15) is 12.1 Å². The first-order valence-corrected chi connectivity index (χ1v) is 13.6. The van der Waals surface area contributed by atoms with Crippen molar-refractivity contribution in [1.82, 2.24) is 14.5 Å². The van der Waals surface area contributed by atoms with Crippen molar-refractivity contribution in [3.63, 3.8) is 0 Å². The zero-order valence-electron chi connectivity index (χ0n) is 20.0. The second-order valence-corrected chi connectivity index (χ2v) is 12.0. The minimum Gasteiger partial charge on any atom is -0.373 e. The molecule has 0 spiro atoms. The number of sulfonamides is 1. The largest absolute Gasteiger partial charge is 0.373 e. The van der Waals surface area contributed by atoms with E-state index in [1.807, 2.05) is 13.8 Å². The topological polar surface area (TPSA) is 125 Å². The van der Waals surface area contributed by atoms with Crippen LogP contribution in [0.4, 0.5) is 10.5 Å². The number of amides is 4. The predicted molar refractivity (Wildman–Crippen MR) is 136 cm³/mol. The average Bonchev–Trinajstić information content (AvgIpc) is 3.03. The van der Waals surface area contributed by atoms with Gasteiger partial charge in [-0.3, -0.25) is 14.5 Å². The highest BCUT2D eigenvalue weighted by molar-refractivity contribution is 9.10. The number of ether oxygens (including phenoxy) is 1. The van der Waals surface area contributed by atoms with E-state index in [-0.39, 0.29) is 30.2 Å². The highest BCUT2D eigenvalue weighted by Crippen LogP contribution is 2.30. The quantitative estimate of drug-likeness (QED) is 0.508. The zero-order chi connectivity index (χ0) is 26.3. The Labute approximate surface area is 218 Å². The minimum absolute atomic E-state index is 0.0983. The lowest BCUT2D eigenvalue weighted by atomic mass is 9.92. The lowest BCUT2D eigenvalue weighted by molar-refractivity contribution is -0.133. The van der Waals surface area contributed by atoms with Crippen LogP contribution >= 0.6 is 15.9 Å². The zero-order valence-corrected chi connectivity index (χ0v) is 22.4. The van der Waals surface area contributed by atoms with Crippen molar-refractivity contribution in [3.8, 4) is 0 Å². The van der Waals surface area contributed by atoms with Crippen LogP contribution in [-0.4, -0.2) is 67.3 Å². The van der Waals surface area contributed by atoms with E-state index < -0.39 is 40.0 Å². The molecule has 2 aliphatic rings. The third-order valence-corrected chi connectivity index (χ3v) is 8.53. The fraction of sp³-hybridized carbons (Fsp3) is 0.375. The molecule has 0 radical (unpaired) electrons. The summed E-state index contributed by atoms with van der Waals surface area (Å²) in [5.41, 5.74) is -0.360. The average molecular weight is 579 g/mol. The summed E-state index contributed by atoms with van der Waals surface area (Å²) in [5.74, 6) is -1.13. The number of halogens is 1. The Balaban J connectivity index is 1.41. The standard InChI is InChI=1S/C24H27BrN4O6S/c1-15-12-28(13-16(2)35-15)36(33,34)20-10-8-19(9-11-20)26-21(30)14-29-22(31)24(3,27-23(29)32)17-4-6-18(25)7-5-17/h4-11,15-16H,12-14H2,1-3H3,(H,26,30)(H,27,32)/t15-,16+,24-/m0/s1. The van der Waals surface area contributed by atoms with E-state index >= 15 is 0 Å². The molecule has 2 N–H and O–H groups in total. The normalized spacial score (nSPS) is 25.1. The number of carbonyl (C=O) groups excluding carboxylic acids is 3. The maximum Gasteiger partial charge on any atom is 0.325 e. The second kappa shape index (κ2) is 9.92. The summed E-state index contributed by atoms with van der Waals surface area (Å²) in [7, 11) is -3.72. The van der Waals surface area contributed by atoms with Crippen LogP contribution in [0.25, 0.3) is 0 Å². The lowest BCUT2D eigenvalue weighted by Gasteiger charge is -2.34. The van der Waals surface area contributed by atoms with Crippen molar-refractivity contribution in [2.75, 3.05) is 25.0 Å². The number of hydrogen-bond acceptors (Lipinski definition) is 6. The smallest absolute Gasteiger partial charge is 0.325 e. The van der Waals surface area contributed by atoms with Gasteiger partial charge in [0.25, 0.3) is 5.91 Å². The van der Waals surface area contributed by atoms with Crippen molar-refractivity contribution in [1.29, 1.82) is 0 Å². The minimum atomic E-state index is -3.72. The van der Waals surface area contributed by atoms with Gasteiger partial charge < -0.3 is 15.4 Å². The highest BCUT2D eigenvalue weighted by atomic mass is 79.9. The van der Waals surface area contributed by atoms with Crippen molar-refractivity contribution >= 4 is 49.5 Å². The van der Waals surface area contributed by atoms with Gasteiger partial charge in [-0.1, -0.05) is 28.1 Å². The maximum absolute atomic E-state index is 13.0. The molecular formula is C24H27BrN4O6S. The number of imide groups is 1. The number of anilines is 1. The number of urea groups is 1. The third kappa shape index (κ3) is 5.17. The van der Waals surface area contributed by atoms with Crippen LogP contribution in [0.3, 0.4) is 0 Å². The van der Waals surface area contributed by atoms with Gasteiger partial charge in [0.05, 0.1) is 17.1 Å². The van der Waals surface area contributed by atoms with Crippen LogP contribution in [0.15, 0.2) is 57.9 Å². The number of benzene rings is 2. The molecule has 2 aromatic carbocycles. The SMILES string of the molecule is C[C@@H]1CN(S(=O)(=O)c2ccc(NC(=O)CN3C(=O)N[C@@](C)(c4ccc(Br)cc4)C3=O)cc2)C[C@H](C)O1. The van der Waals surface area contributed by atoms with Crippen LogP contribution < -0.4 is 10.6 Å². The van der Waals surface area contributed by atoms with E-state index in [1.54, 1.807) is 31.2 Å². The molecule has 3 atom stereocenters. The summed E-state index contributed by atoms with van der Waals surface area (Å²) < 4.78 is 33.8. The summed E-state index contributed by atoms with van der Waals surface area (Å²) >= 11 is 3.34. The van der Waals surface area contributed by atoms with E-state index in [1.165, 1.54) is 28.6 Å². The van der Waals surface area contributed by atoms with Crippen LogP contribution in [0.5, 0.6) is 0 Å². The molecule has 2 saturated heterocycles. The van der Waals surface area contributed by atoms with Crippen LogP contribution in [0.2, 0.25) is 0 Å². The van der Waals surface area contributed by atoms with E-state index in [9.17, 15) is 22.8 Å². The fourth-order valence-electron chi connectivity index (χ4n) is 4.35. The molecule has 2 aliphatic heterocycles. The van der Waals surface area contributed by atoms with Gasteiger partial charge in [-0.15, -0.1) is 0 Å². The van der Waals surface area contributed by atoms with E-state index in [4.69, 9.17) is 4.74 Å². The molecule has 0 bridgehead atoms. The van der Waals surface area contributed by atoms with Gasteiger partial charge in [0.15, 0.2) is 0 Å². The van der Waals surface area contributed by atoms with E-state index in [2.05, 4.69) is 26.6 Å². The first kappa shape index (κ1) is 26.3. The molecule has 10 nitrogen and oxygen atoms in total. The van der Waals surface area contributed by atoms with Crippen molar-refractivity contribution in [2.24, 2.45) is 0 Å². The number of hydrogen-bond donors (Lipinski definition) is 2. The molecule has 4 rings (SSSR count). The molecule has 0 saturated carbocycles. The lowest BCUT2D eigenvalue weighted by Crippen LogP contribution is -2.48. The molecule has 0 unspecified atom stereocenters. The molecule has 36 heavy (non-hydrogen) atoms. The second-order valence-electron chi connectivity index (χ2n) is 9.11. The molecule has 0 aromatic heterocycles. The van der Waals surface area contributed by atoms with Crippen molar-refractivity contribution < 1.29 is 27.5 Å². The van der Waals surface area contributed by atoms with Gasteiger partial charge >= 0.3 is 6.03 Å². The Morgan fingerprint density at radius 3 is 2.25 bits per heavy atom. The molecule has 0 aliphatic carbocycles. The van der Waals surface area contributed by atoms with Crippen LogP contribution in [0.1, 0.15) is 26.3 Å². The first-order valence-electron chi connectivity index (χ1n) is 11.4. The Hall–Kier alpha value is -2.80. The molecule has 2 aromatic rings. The Morgan fingerprint density at radius 2 is 1.67 bits per heavy atom. The monoisotopic (exact) mass is 578 g/mol. The molecular weight excluding hydrogens is 552 g/mol. The summed E-state index contributed by atoms with van der Waals surface area (Å²) in [5, 5.41) is 5.27. The Kier molecular flexibility index (Phi) is 7.24. The number of morpholine rings is 1. The number of nitrogens with one attached hydrogen (secondary N) is 2. The van der Waals surface area contributed by atoms with Crippen molar-refractivity contribution in [2.45, 2.75) is 43.4 Å². The van der Waals surface area contributed by atoms with Crippen LogP contribution in [0, 0.1) is 0 Å². The van der Waals surface area contributed by atoms with Crippen molar-refractivity contribution in [3.05, 3.63) is 58.6 Å². The summed E-state index contributed by atoms with van der Waals surface area (Å²) in [6, 6.07) is 12.1. The highest BCUT2D eigenvalue weighted by Gasteiger charge is 2.49. The molecule has 192 valence electrons. The molecule has 4 amide bonds. The number of nitrogens with zero attached hydrogens (tertiary/aromatic N) is 2. The van der Waals surface area contributed by atoms with E-state index in [0.29, 0.717) is 11.3 Å². The summed E-state index contributed by atoms with van der Waals surface area (Å²) in [6.07, 6.45) is -0.420. The van der Waals surface area contributed by atoms with Gasteiger partial charge in [0, 0.05) is 23.2 Å².